The first kappa shape index (κ1) is 16.3. The molecule has 1 aliphatic heterocycles. The second-order valence-electron chi connectivity index (χ2n) is 5.53. The van der Waals surface area contributed by atoms with Crippen molar-refractivity contribution in [1.82, 2.24) is 9.47 Å². The minimum Gasteiger partial charge on any atom is -0.368 e. The lowest BCUT2D eigenvalue weighted by atomic mass is 10.1. The van der Waals surface area contributed by atoms with Crippen LogP contribution in [0.5, 0.6) is 0 Å². The molecule has 0 saturated carbocycles. The molecule has 1 saturated heterocycles. The molecule has 1 fully saturated rings. The molecule has 0 radical (unpaired) electrons. The van der Waals surface area contributed by atoms with Gasteiger partial charge in [-0.25, -0.2) is 0 Å². The van der Waals surface area contributed by atoms with Gasteiger partial charge in [0.05, 0.1) is 4.91 Å². The molecule has 6 nitrogen and oxygen atoms in total. The third-order valence-corrected chi connectivity index (χ3v) is 4.66. The van der Waals surface area contributed by atoms with Crippen LogP contribution in [0.2, 0.25) is 0 Å². The summed E-state index contributed by atoms with van der Waals surface area (Å²) in [6, 6.07) is 7.56. The van der Waals surface area contributed by atoms with E-state index in [4.69, 9.17) is 5.73 Å². The van der Waals surface area contributed by atoms with Gasteiger partial charge < -0.3 is 10.3 Å². The topological polar surface area (TPSA) is 85.4 Å². The Morgan fingerprint density at radius 3 is 2.75 bits per heavy atom. The number of carbonyl (C=O) groups excluding carboxylic acids is 3. The maximum absolute atomic E-state index is 12.4. The van der Waals surface area contributed by atoms with E-state index in [2.05, 4.69) is 0 Å². The molecule has 0 bridgehead atoms. The number of benzene rings is 1. The molecule has 0 spiro atoms. The van der Waals surface area contributed by atoms with E-state index in [0.29, 0.717) is 11.4 Å². The molecule has 0 aliphatic carbocycles. The van der Waals surface area contributed by atoms with Crippen molar-refractivity contribution < 1.29 is 14.4 Å². The molecule has 1 aromatic heterocycles. The van der Waals surface area contributed by atoms with Gasteiger partial charge in [0.1, 0.15) is 6.54 Å². The normalized spacial score (nSPS) is 16.5. The zero-order valence-electron chi connectivity index (χ0n) is 13.2. The van der Waals surface area contributed by atoms with E-state index in [0.717, 1.165) is 34.6 Å². The van der Waals surface area contributed by atoms with Crippen molar-refractivity contribution in [2.24, 2.45) is 5.73 Å². The van der Waals surface area contributed by atoms with Crippen LogP contribution in [0.1, 0.15) is 18.9 Å². The van der Waals surface area contributed by atoms with E-state index in [9.17, 15) is 14.4 Å². The number of aromatic nitrogens is 1. The second-order valence-corrected chi connectivity index (χ2v) is 6.52. The molecule has 2 aromatic rings. The van der Waals surface area contributed by atoms with E-state index in [1.165, 1.54) is 4.90 Å². The average Bonchev–Trinajstić information content (AvgIpc) is 3.01. The van der Waals surface area contributed by atoms with E-state index in [1.807, 2.05) is 31.2 Å². The Morgan fingerprint density at radius 2 is 2.04 bits per heavy atom. The van der Waals surface area contributed by atoms with Crippen molar-refractivity contribution in [3.63, 3.8) is 0 Å². The van der Waals surface area contributed by atoms with E-state index >= 15 is 0 Å². The Hall–Kier alpha value is -2.54. The Kier molecular flexibility index (Phi) is 4.44. The van der Waals surface area contributed by atoms with Gasteiger partial charge in [-0.1, -0.05) is 25.1 Å². The number of nitrogens with zero attached hydrogens (tertiary/aromatic N) is 2. The van der Waals surface area contributed by atoms with Crippen LogP contribution in [0.3, 0.4) is 0 Å². The first-order valence-corrected chi connectivity index (χ1v) is 8.44. The van der Waals surface area contributed by atoms with Crippen LogP contribution < -0.4 is 5.73 Å². The van der Waals surface area contributed by atoms with E-state index in [-0.39, 0.29) is 17.7 Å². The number of hydrogen-bond donors (Lipinski definition) is 1. The van der Waals surface area contributed by atoms with Gasteiger partial charge in [-0.05, 0) is 30.3 Å². The number of rotatable bonds is 5. The number of para-hydroxylation sites is 1. The van der Waals surface area contributed by atoms with Gasteiger partial charge in [-0.3, -0.25) is 19.3 Å². The maximum atomic E-state index is 12.4. The Bertz CT molecular complexity index is 869. The summed E-state index contributed by atoms with van der Waals surface area (Å²) in [4.78, 5) is 37.2. The minimum absolute atomic E-state index is 0.0612. The highest BCUT2D eigenvalue weighted by atomic mass is 32.2. The molecule has 7 heteroatoms. The molecule has 1 aliphatic rings. The molecule has 24 heavy (non-hydrogen) atoms. The monoisotopic (exact) mass is 343 g/mol. The largest absolute Gasteiger partial charge is 0.368 e. The van der Waals surface area contributed by atoms with Crippen molar-refractivity contribution in [3.05, 3.63) is 40.9 Å². The Morgan fingerprint density at radius 1 is 1.29 bits per heavy atom. The summed E-state index contributed by atoms with van der Waals surface area (Å²) >= 11 is 0.946. The first-order chi connectivity index (χ1) is 11.5. The zero-order valence-corrected chi connectivity index (χ0v) is 14.0. The molecule has 124 valence electrons. The lowest BCUT2D eigenvalue weighted by Crippen LogP contribution is -2.28. The average molecular weight is 343 g/mol. The standard InChI is InChI=1S/C17H17N3O3S/c1-2-7-20-16(22)14(24-17(20)23)8-11-9-19(10-15(18)21)13-6-4-3-5-12(11)13/h3-6,8-9H,2,7,10H2,1H3,(H2,18,21)/b14-8-. The Labute approximate surface area is 143 Å². The predicted octanol–water partition coefficient (Wildman–Crippen LogP) is 2.57. The number of primary amides is 1. The van der Waals surface area contributed by atoms with Gasteiger partial charge in [-0.2, -0.15) is 0 Å². The van der Waals surface area contributed by atoms with Crippen molar-refractivity contribution >= 4 is 45.8 Å². The number of hydrogen-bond acceptors (Lipinski definition) is 4. The summed E-state index contributed by atoms with van der Waals surface area (Å²) in [5, 5.41) is 0.662. The molecule has 1 aromatic carbocycles. The zero-order chi connectivity index (χ0) is 17.3. The van der Waals surface area contributed by atoms with Gasteiger partial charge in [-0.15, -0.1) is 0 Å². The lowest BCUT2D eigenvalue weighted by molar-refractivity contribution is -0.122. The van der Waals surface area contributed by atoms with Crippen molar-refractivity contribution in [2.75, 3.05) is 6.54 Å². The summed E-state index contributed by atoms with van der Waals surface area (Å²) in [7, 11) is 0. The minimum atomic E-state index is -0.439. The van der Waals surface area contributed by atoms with Crippen LogP contribution >= 0.6 is 11.8 Å². The molecular formula is C17H17N3O3S. The van der Waals surface area contributed by atoms with Crippen LogP contribution in [0.15, 0.2) is 35.4 Å². The third-order valence-electron chi connectivity index (χ3n) is 3.75. The quantitative estimate of drug-likeness (QED) is 0.846. The van der Waals surface area contributed by atoms with Crippen LogP contribution in [0, 0.1) is 0 Å². The van der Waals surface area contributed by atoms with Gasteiger partial charge in [0.25, 0.3) is 11.1 Å². The summed E-state index contributed by atoms with van der Waals surface area (Å²) in [5.41, 5.74) is 6.94. The predicted molar refractivity (Wildman–Crippen MR) is 94.1 cm³/mol. The lowest BCUT2D eigenvalue weighted by Gasteiger charge is -2.09. The molecule has 0 atom stereocenters. The first-order valence-electron chi connectivity index (χ1n) is 7.62. The fourth-order valence-corrected chi connectivity index (χ4v) is 3.60. The van der Waals surface area contributed by atoms with Crippen LogP contribution in [-0.2, 0) is 16.1 Å². The fraction of sp³-hybridized carbons (Fsp3) is 0.235. The molecule has 2 heterocycles. The molecule has 2 N–H and O–H groups in total. The van der Waals surface area contributed by atoms with Crippen LogP contribution in [-0.4, -0.2) is 33.1 Å². The van der Waals surface area contributed by atoms with Crippen molar-refractivity contribution in [2.45, 2.75) is 19.9 Å². The highest BCUT2D eigenvalue weighted by molar-refractivity contribution is 8.18. The SMILES string of the molecule is CCCN1C(=O)S/C(=C\c2cn(CC(N)=O)c3ccccc23)C1=O. The highest BCUT2D eigenvalue weighted by Crippen LogP contribution is 2.34. The summed E-state index contributed by atoms with van der Waals surface area (Å²) in [6.07, 6.45) is 4.22. The number of fused-ring (bicyclic) bond motifs is 1. The summed E-state index contributed by atoms with van der Waals surface area (Å²) < 4.78 is 1.75. The number of carbonyl (C=O) groups is 3. The maximum Gasteiger partial charge on any atom is 0.293 e. The van der Waals surface area contributed by atoms with Crippen LogP contribution in [0.4, 0.5) is 4.79 Å². The third kappa shape index (κ3) is 2.94. The number of imide groups is 1. The number of amides is 3. The van der Waals surface area contributed by atoms with Gasteiger partial charge in [0, 0.05) is 29.2 Å². The highest BCUT2D eigenvalue weighted by Gasteiger charge is 2.34. The summed E-state index contributed by atoms with van der Waals surface area (Å²) in [5.74, 6) is -0.704. The van der Waals surface area contributed by atoms with Crippen molar-refractivity contribution in [3.8, 4) is 0 Å². The second kappa shape index (κ2) is 6.52. The van der Waals surface area contributed by atoms with Gasteiger partial charge >= 0.3 is 0 Å². The van der Waals surface area contributed by atoms with Gasteiger partial charge in [0.15, 0.2) is 0 Å². The van der Waals surface area contributed by atoms with Crippen LogP contribution in [0.25, 0.3) is 17.0 Å². The molecule has 3 rings (SSSR count). The summed E-state index contributed by atoms with van der Waals surface area (Å²) in [6.45, 7) is 2.40. The van der Waals surface area contributed by atoms with E-state index in [1.54, 1.807) is 16.8 Å². The van der Waals surface area contributed by atoms with E-state index < -0.39 is 5.91 Å². The van der Waals surface area contributed by atoms with Gasteiger partial charge in [0.2, 0.25) is 5.91 Å². The Balaban J connectivity index is 2.03. The van der Waals surface area contributed by atoms with Crippen molar-refractivity contribution in [1.29, 1.82) is 0 Å². The molecule has 3 amide bonds. The number of nitrogens with two attached hydrogens (primary N) is 1. The number of thioether (sulfide) groups is 1. The molecular weight excluding hydrogens is 326 g/mol. The molecule has 0 unspecified atom stereocenters. The smallest absolute Gasteiger partial charge is 0.293 e. The fourth-order valence-electron chi connectivity index (χ4n) is 2.75.